The number of benzene rings is 6. The largest absolute Gasteiger partial charge is 0.493 e. The van der Waals surface area contributed by atoms with Gasteiger partial charge in [-0.15, -0.1) is 0 Å². The molecular formula is C56H77N3O8. The fourth-order valence-corrected chi connectivity index (χ4v) is 9.18. The van der Waals surface area contributed by atoms with Crippen molar-refractivity contribution in [2.45, 2.75) is 157 Å². The fourth-order valence-electron chi connectivity index (χ4n) is 9.18. The summed E-state index contributed by atoms with van der Waals surface area (Å²) in [4.78, 5) is 3.52. The summed E-state index contributed by atoms with van der Waals surface area (Å²) >= 11 is 0. The Kier molecular flexibility index (Phi) is 20.0. The minimum absolute atomic E-state index is 0.379. The van der Waals surface area contributed by atoms with Crippen molar-refractivity contribution in [2.24, 2.45) is 5.11 Å². The molecule has 11 heteroatoms. The van der Waals surface area contributed by atoms with Gasteiger partial charge < -0.3 is 37.9 Å². The number of fused-ring (bicyclic) bond motifs is 6. The van der Waals surface area contributed by atoms with Crippen LogP contribution in [0.3, 0.4) is 0 Å². The van der Waals surface area contributed by atoms with Gasteiger partial charge in [0.2, 0.25) is 0 Å². The van der Waals surface area contributed by atoms with Crippen LogP contribution in [-0.4, -0.2) is 53.9 Å². The molecule has 0 unspecified atom stereocenters. The van der Waals surface area contributed by atoms with E-state index in [1.807, 2.05) is 6.07 Å². The second kappa shape index (κ2) is 26.2. The minimum Gasteiger partial charge on any atom is -0.493 e. The van der Waals surface area contributed by atoms with Gasteiger partial charge in [0.05, 0.1) is 59.5 Å². The first kappa shape index (κ1) is 51.0. The molecule has 0 atom stereocenters. The van der Waals surface area contributed by atoms with Crippen molar-refractivity contribution in [3.8, 4) is 46.0 Å². The maximum atomic E-state index is 10.6. The Morgan fingerprint density at radius 1 is 0.358 bits per heavy atom. The van der Waals surface area contributed by atoms with Crippen LogP contribution in [-0.2, 0) is 0 Å². The number of hydrogen-bond donors (Lipinski definition) is 0. The second-order valence-corrected chi connectivity index (χ2v) is 17.8. The van der Waals surface area contributed by atoms with Crippen molar-refractivity contribution in [2.75, 3.05) is 53.9 Å². The zero-order chi connectivity index (χ0) is 47.5. The van der Waals surface area contributed by atoms with Gasteiger partial charge >= 0.3 is 0 Å². The highest BCUT2D eigenvalue weighted by Crippen LogP contribution is 2.60. The van der Waals surface area contributed by atoms with Crippen molar-refractivity contribution in [1.29, 1.82) is 0 Å². The van der Waals surface area contributed by atoms with Gasteiger partial charge in [-0.25, -0.2) is 0 Å². The predicted octanol–water partition coefficient (Wildman–Crippen LogP) is 17.3. The lowest BCUT2D eigenvalue weighted by molar-refractivity contribution is 0.260. The molecule has 6 aromatic rings. The third kappa shape index (κ3) is 11.7. The summed E-state index contributed by atoms with van der Waals surface area (Å²) in [5.74, 6) is 4.79. The molecule has 0 heterocycles. The van der Waals surface area contributed by atoms with Crippen LogP contribution in [0, 0.1) is 0 Å². The highest BCUT2D eigenvalue weighted by atomic mass is 16.5. The molecule has 0 spiro atoms. The Hall–Kier alpha value is -5.41. The molecule has 0 amide bonds. The topological polar surface area (TPSA) is 123 Å². The van der Waals surface area contributed by atoms with E-state index in [0.717, 1.165) is 169 Å². The zero-order valence-electron chi connectivity index (χ0n) is 42.0. The molecule has 0 saturated carbocycles. The lowest BCUT2D eigenvalue weighted by atomic mass is 9.84. The van der Waals surface area contributed by atoms with Crippen LogP contribution in [0.5, 0.6) is 46.0 Å². The standard InChI is InChI=1S/C56H77N3O8/c1-9-15-21-27-62-45-33-38-39-37-47(64-29-23-17-11-3)54(65-30-24-18-12-4)50-41-34-43(60-7)44(61-8)35-42(41)51-52(48(39)50)49(40(38)36-46(45)63-28-22-16-10-2)53(58-59-57)56(67-32-26-20-14-6)55(51)66-31-25-19-13-5/h33-37H,9-32H2,1-8H3. The van der Waals surface area contributed by atoms with Crippen LogP contribution in [0.1, 0.15) is 157 Å². The number of unbranched alkanes of at least 4 members (excludes halogenated alkanes) is 12. The van der Waals surface area contributed by atoms with Crippen LogP contribution >= 0.6 is 0 Å². The quantitative estimate of drug-likeness (QED) is 0.00998. The lowest BCUT2D eigenvalue weighted by Gasteiger charge is -2.27. The number of methoxy groups -OCH3 is 2. The van der Waals surface area contributed by atoms with Crippen LogP contribution in [0.25, 0.3) is 64.3 Å². The van der Waals surface area contributed by atoms with E-state index in [0.29, 0.717) is 91.3 Å². The monoisotopic (exact) mass is 920 g/mol. The van der Waals surface area contributed by atoms with Crippen molar-refractivity contribution in [3.63, 3.8) is 0 Å². The molecule has 0 fully saturated rings. The van der Waals surface area contributed by atoms with E-state index in [1.54, 1.807) is 14.2 Å². The third-order valence-electron chi connectivity index (χ3n) is 12.7. The molecule has 6 aromatic carbocycles. The maximum Gasteiger partial charge on any atom is 0.172 e. The SMILES string of the molecule is CCCCCOc1cc2c(cc1OCCCCC)c1c(N=[N+]=[N-])c(OCCCCC)c(OCCCCC)c3c4cc(OC)c(OC)cc4c4c(OCCCCC)c(OCCCCC)cc2c4c13. The Labute approximate surface area is 399 Å². The van der Waals surface area contributed by atoms with Gasteiger partial charge in [-0.05, 0) is 101 Å². The first-order valence-electron chi connectivity index (χ1n) is 25.7. The fraction of sp³-hybridized carbons (Fsp3) is 0.571. The third-order valence-corrected chi connectivity index (χ3v) is 12.7. The Morgan fingerprint density at radius 3 is 1.15 bits per heavy atom. The average Bonchev–Trinajstić information content (AvgIpc) is 3.34. The van der Waals surface area contributed by atoms with Crippen LogP contribution in [0.2, 0.25) is 0 Å². The first-order chi connectivity index (χ1) is 33.0. The van der Waals surface area contributed by atoms with Crippen LogP contribution in [0.15, 0.2) is 35.4 Å². The molecule has 364 valence electrons. The molecular weight excluding hydrogens is 843 g/mol. The van der Waals surface area contributed by atoms with Crippen molar-refractivity contribution < 1.29 is 37.9 Å². The van der Waals surface area contributed by atoms with E-state index in [-0.39, 0.29) is 0 Å². The summed E-state index contributed by atoms with van der Waals surface area (Å²) < 4.78 is 53.3. The molecule has 11 nitrogen and oxygen atoms in total. The van der Waals surface area contributed by atoms with Crippen molar-refractivity contribution in [1.82, 2.24) is 0 Å². The summed E-state index contributed by atoms with van der Waals surface area (Å²) in [5, 5.41) is 13.3. The zero-order valence-corrected chi connectivity index (χ0v) is 42.0. The van der Waals surface area contributed by atoms with Gasteiger partial charge in [0.25, 0.3) is 0 Å². The van der Waals surface area contributed by atoms with Gasteiger partial charge in [-0.3, -0.25) is 0 Å². The Bertz CT molecular complexity index is 2570. The van der Waals surface area contributed by atoms with E-state index < -0.39 is 0 Å². The molecule has 6 rings (SSSR count). The van der Waals surface area contributed by atoms with E-state index in [4.69, 9.17) is 37.9 Å². The lowest BCUT2D eigenvalue weighted by Crippen LogP contribution is -2.07. The van der Waals surface area contributed by atoms with Gasteiger partial charge in [0, 0.05) is 31.8 Å². The number of azide groups is 1. The Balaban J connectivity index is 1.91. The predicted molar refractivity (Wildman–Crippen MR) is 277 cm³/mol. The normalized spacial score (nSPS) is 11.5. The van der Waals surface area contributed by atoms with Crippen LogP contribution in [0.4, 0.5) is 5.69 Å². The highest BCUT2D eigenvalue weighted by molar-refractivity contribution is 6.44. The van der Waals surface area contributed by atoms with E-state index in [2.05, 4.69) is 75.8 Å². The summed E-state index contributed by atoms with van der Waals surface area (Å²) in [7, 11) is 3.33. The molecule has 0 aliphatic heterocycles. The van der Waals surface area contributed by atoms with Crippen molar-refractivity contribution in [3.05, 3.63) is 40.8 Å². The molecule has 0 radical (unpaired) electrons. The van der Waals surface area contributed by atoms with E-state index in [9.17, 15) is 5.53 Å². The summed E-state index contributed by atoms with van der Waals surface area (Å²) in [6.07, 6.45) is 17.9. The van der Waals surface area contributed by atoms with Gasteiger partial charge in [-0.1, -0.05) is 124 Å². The highest BCUT2D eigenvalue weighted by Gasteiger charge is 2.31. The Morgan fingerprint density at radius 2 is 0.701 bits per heavy atom. The number of ether oxygens (including phenoxy) is 8. The number of rotatable bonds is 33. The molecule has 0 aromatic heterocycles. The van der Waals surface area contributed by atoms with Gasteiger partial charge in [0.15, 0.2) is 46.0 Å². The summed E-state index contributed by atoms with van der Waals surface area (Å²) in [5.41, 5.74) is 10.9. The summed E-state index contributed by atoms with van der Waals surface area (Å²) in [6, 6.07) is 10.5. The van der Waals surface area contributed by atoms with E-state index >= 15 is 0 Å². The van der Waals surface area contributed by atoms with E-state index in [1.165, 1.54) is 0 Å². The molecule has 0 saturated heterocycles. The first-order valence-corrected chi connectivity index (χ1v) is 25.7. The van der Waals surface area contributed by atoms with Crippen LogP contribution < -0.4 is 37.9 Å². The average molecular weight is 920 g/mol. The molecule has 0 aliphatic carbocycles. The number of nitrogens with zero attached hydrogens (tertiary/aromatic N) is 3. The second-order valence-electron chi connectivity index (χ2n) is 17.8. The minimum atomic E-state index is 0.379. The molecule has 0 bridgehead atoms. The molecule has 0 N–H and O–H groups in total. The molecule has 67 heavy (non-hydrogen) atoms. The van der Waals surface area contributed by atoms with Gasteiger partial charge in [-0.2, -0.15) is 0 Å². The maximum absolute atomic E-state index is 10.6. The molecule has 0 aliphatic rings. The van der Waals surface area contributed by atoms with Crippen molar-refractivity contribution >= 4 is 59.5 Å². The van der Waals surface area contributed by atoms with Gasteiger partial charge in [0.1, 0.15) is 0 Å². The smallest absolute Gasteiger partial charge is 0.172 e. The summed E-state index contributed by atoms with van der Waals surface area (Å²) in [6.45, 7) is 16.2. The number of hydrogen-bond acceptors (Lipinski definition) is 9.